The largest absolute Gasteiger partial charge is 0.351 e. The summed E-state index contributed by atoms with van der Waals surface area (Å²) in [5, 5.41) is 10.3. The van der Waals surface area contributed by atoms with Gasteiger partial charge in [-0.15, -0.1) is 0 Å². The highest BCUT2D eigenvalue weighted by Gasteiger charge is 2.14. The van der Waals surface area contributed by atoms with E-state index in [0.29, 0.717) is 11.5 Å². The van der Waals surface area contributed by atoms with Crippen LogP contribution >= 0.6 is 23.9 Å². The van der Waals surface area contributed by atoms with Gasteiger partial charge in [0, 0.05) is 11.5 Å². The minimum Gasteiger partial charge on any atom is -0.351 e. The molecule has 0 aliphatic carbocycles. The van der Waals surface area contributed by atoms with Crippen LogP contribution in [0.5, 0.6) is 0 Å². The minimum absolute atomic E-state index is 0.0284. The molecule has 0 radical (unpaired) electrons. The fraction of sp³-hybridized carbons (Fsp3) is 0.125. The Hall–Kier alpha value is -2.12. The smallest absolute Gasteiger partial charge is 0.318 e. The number of hydrogen-bond acceptors (Lipinski definition) is 4. The summed E-state index contributed by atoms with van der Waals surface area (Å²) in [7, 11) is 0. The van der Waals surface area contributed by atoms with Gasteiger partial charge < -0.3 is 5.73 Å². The van der Waals surface area contributed by atoms with Crippen LogP contribution in [0.25, 0.3) is 0 Å². The number of carbonyl (C=O) groups excluding carboxylic acids is 1. The molecule has 0 atom stereocenters. The highest BCUT2D eigenvalue weighted by molar-refractivity contribution is 8.12. The Morgan fingerprint density at radius 2 is 1.39 bits per heavy atom. The number of nitrogens with zero attached hydrogens (tertiary/aromatic N) is 1. The molecule has 0 aliphatic rings. The van der Waals surface area contributed by atoms with Gasteiger partial charge in [-0.2, -0.15) is 0 Å². The zero-order valence-electron chi connectivity index (χ0n) is 12.4. The van der Waals surface area contributed by atoms with Gasteiger partial charge in [0.15, 0.2) is 0 Å². The van der Waals surface area contributed by atoms with Crippen molar-refractivity contribution in [2.75, 3.05) is 0 Å². The number of hydrogen-bond donors (Lipinski definition) is 3. The quantitative estimate of drug-likeness (QED) is 0.424. The van der Waals surface area contributed by atoms with Crippen LogP contribution in [0.15, 0.2) is 60.7 Å². The van der Waals surface area contributed by atoms with Crippen molar-refractivity contribution in [3.05, 3.63) is 71.8 Å². The van der Waals surface area contributed by atoms with Crippen LogP contribution in [0, 0.1) is 5.41 Å². The third kappa shape index (κ3) is 6.25. The lowest BCUT2D eigenvalue weighted by Gasteiger charge is -2.22. The van der Waals surface area contributed by atoms with Gasteiger partial charge in [-0.3, -0.25) is 10.7 Å². The molecule has 4 N–H and O–H groups in total. The molecule has 23 heavy (non-hydrogen) atoms. The van der Waals surface area contributed by atoms with Gasteiger partial charge in [0.1, 0.15) is 0 Å². The van der Waals surface area contributed by atoms with Crippen LogP contribution in [-0.2, 0) is 11.5 Å². The van der Waals surface area contributed by atoms with E-state index in [1.165, 1.54) is 23.9 Å². The molecule has 2 aromatic rings. The molecule has 0 aromatic heterocycles. The van der Waals surface area contributed by atoms with Crippen molar-refractivity contribution < 1.29 is 4.79 Å². The molecule has 2 amide bonds. The van der Waals surface area contributed by atoms with Crippen molar-refractivity contribution in [2.45, 2.75) is 11.5 Å². The second-order valence-corrected chi connectivity index (χ2v) is 6.67. The highest BCUT2D eigenvalue weighted by atomic mass is 32.2. The number of guanidine groups is 1. The summed E-state index contributed by atoms with van der Waals surface area (Å²) in [6, 6.07) is 19.2. The fourth-order valence-corrected chi connectivity index (χ4v) is 3.62. The molecule has 2 aromatic carbocycles. The molecule has 0 spiro atoms. The van der Waals surface area contributed by atoms with Crippen LogP contribution in [0.4, 0.5) is 4.79 Å². The van der Waals surface area contributed by atoms with Crippen LogP contribution in [0.2, 0.25) is 0 Å². The second-order valence-electron chi connectivity index (χ2n) is 4.61. The number of primary amides is 1. The van der Waals surface area contributed by atoms with Crippen molar-refractivity contribution >= 4 is 35.9 Å². The number of rotatable bonds is 6. The molecule has 7 heteroatoms. The Labute approximate surface area is 144 Å². The Bertz CT molecular complexity index is 594. The number of nitrogens with two attached hydrogens (primary N) is 1. The first-order valence-electron chi connectivity index (χ1n) is 6.94. The number of benzene rings is 2. The molecule has 2 rings (SSSR count). The van der Waals surface area contributed by atoms with E-state index in [4.69, 9.17) is 11.1 Å². The van der Waals surface area contributed by atoms with Gasteiger partial charge >= 0.3 is 6.03 Å². The van der Waals surface area contributed by atoms with Gasteiger partial charge in [0.2, 0.25) is 5.96 Å². The second kappa shape index (κ2) is 9.12. The molecule has 5 nitrogen and oxygen atoms in total. The summed E-state index contributed by atoms with van der Waals surface area (Å²) in [5.74, 6) is 1.37. The van der Waals surface area contributed by atoms with Gasteiger partial charge in [-0.1, -0.05) is 60.7 Å². The zero-order chi connectivity index (χ0) is 16.5. The minimum atomic E-state index is -0.736. The maximum atomic E-state index is 11.0. The van der Waals surface area contributed by atoms with E-state index in [9.17, 15) is 4.79 Å². The van der Waals surface area contributed by atoms with Gasteiger partial charge in [0.25, 0.3) is 0 Å². The average Bonchev–Trinajstić information content (AvgIpc) is 2.56. The predicted octanol–water partition coefficient (Wildman–Crippen LogP) is 3.59. The molecule has 0 unspecified atom stereocenters. The topological polar surface area (TPSA) is 82.2 Å². The fourth-order valence-electron chi connectivity index (χ4n) is 1.74. The SMILES string of the molecule is N=C(NC(N)=O)N(SCc1ccccc1)SCc1ccccc1. The Morgan fingerprint density at radius 3 is 1.78 bits per heavy atom. The Morgan fingerprint density at radius 1 is 0.957 bits per heavy atom. The monoisotopic (exact) mass is 346 g/mol. The first-order valence-corrected chi connectivity index (χ1v) is 8.82. The van der Waals surface area contributed by atoms with E-state index in [1.807, 2.05) is 60.7 Å². The maximum Gasteiger partial charge on any atom is 0.318 e. The third-order valence-electron chi connectivity index (χ3n) is 2.81. The van der Waals surface area contributed by atoms with E-state index in [1.54, 1.807) is 3.71 Å². The molecule has 0 saturated carbocycles. The summed E-state index contributed by atoms with van der Waals surface area (Å²) in [6.45, 7) is 0. The van der Waals surface area contributed by atoms with Crippen molar-refractivity contribution in [2.24, 2.45) is 5.73 Å². The first-order chi connectivity index (χ1) is 11.1. The number of carbonyl (C=O) groups is 1. The maximum absolute atomic E-state index is 11.0. The zero-order valence-corrected chi connectivity index (χ0v) is 14.1. The third-order valence-corrected chi connectivity index (χ3v) is 5.20. The van der Waals surface area contributed by atoms with Crippen LogP contribution in [0.3, 0.4) is 0 Å². The van der Waals surface area contributed by atoms with E-state index < -0.39 is 6.03 Å². The van der Waals surface area contributed by atoms with E-state index in [2.05, 4.69) is 5.32 Å². The van der Waals surface area contributed by atoms with E-state index >= 15 is 0 Å². The molecule has 0 heterocycles. The average molecular weight is 346 g/mol. The van der Waals surface area contributed by atoms with E-state index in [-0.39, 0.29) is 5.96 Å². The first kappa shape index (κ1) is 17.2. The number of urea groups is 1. The highest BCUT2D eigenvalue weighted by Crippen LogP contribution is 2.27. The van der Waals surface area contributed by atoms with Crippen molar-refractivity contribution in [1.29, 1.82) is 5.41 Å². The van der Waals surface area contributed by atoms with Crippen LogP contribution in [0.1, 0.15) is 11.1 Å². The number of nitrogens with one attached hydrogen (secondary N) is 2. The van der Waals surface area contributed by atoms with Crippen LogP contribution < -0.4 is 11.1 Å². The standard InChI is InChI=1S/C16H18N4OS2/c17-15(19-16(18)21)20(22-11-13-7-3-1-4-8-13)23-12-14-9-5-2-6-10-14/h1-10H,11-12H2,(H4,17,18,19,21). The lowest BCUT2D eigenvalue weighted by atomic mass is 10.2. The number of amides is 2. The Kier molecular flexibility index (Phi) is 6.83. The normalized spacial score (nSPS) is 10.1. The predicted molar refractivity (Wildman–Crippen MR) is 97.8 cm³/mol. The summed E-state index contributed by atoms with van der Waals surface area (Å²) < 4.78 is 1.67. The van der Waals surface area contributed by atoms with Crippen molar-refractivity contribution in [1.82, 2.24) is 9.03 Å². The lowest BCUT2D eigenvalue weighted by Crippen LogP contribution is -2.40. The molecule has 0 aliphatic heterocycles. The van der Waals surface area contributed by atoms with Crippen molar-refractivity contribution in [3.63, 3.8) is 0 Å². The van der Waals surface area contributed by atoms with Gasteiger partial charge in [-0.05, 0) is 35.0 Å². The van der Waals surface area contributed by atoms with Gasteiger partial charge in [-0.25, -0.2) is 8.51 Å². The molecule has 0 saturated heterocycles. The van der Waals surface area contributed by atoms with E-state index in [0.717, 1.165) is 11.1 Å². The summed E-state index contributed by atoms with van der Waals surface area (Å²) in [5.41, 5.74) is 7.41. The van der Waals surface area contributed by atoms with Crippen LogP contribution in [-0.4, -0.2) is 15.7 Å². The molecule has 0 fully saturated rings. The summed E-state index contributed by atoms with van der Waals surface area (Å²) >= 11 is 2.89. The van der Waals surface area contributed by atoms with Gasteiger partial charge in [0.05, 0.1) is 0 Å². The van der Waals surface area contributed by atoms with Crippen molar-refractivity contribution in [3.8, 4) is 0 Å². The molecule has 120 valence electrons. The summed E-state index contributed by atoms with van der Waals surface area (Å²) in [6.07, 6.45) is 0. The summed E-state index contributed by atoms with van der Waals surface area (Å²) in [4.78, 5) is 11.0. The molecule has 0 bridgehead atoms. The Balaban J connectivity index is 1.96. The molecular formula is C16H18N4OS2. The lowest BCUT2D eigenvalue weighted by molar-refractivity contribution is 0.252. The molecular weight excluding hydrogens is 328 g/mol.